The quantitative estimate of drug-likeness (QED) is 0.665. The van der Waals surface area contributed by atoms with Gasteiger partial charge < -0.3 is 5.73 Å². The zero-order valence-electron chi connectivity index (χ0n) is 10.6. The number of ketones is 1. The highest BCUT2D eigenvalue weighted by Gasteiger charge is 2.18. The smallest absolute Gasteiger partial charge is 0.196 e. The summed E-state index contributed by atoms with van der Waals surface area (Å²) in [4.78, 5) is 12.2. The number of halogens is 2. The lowest BCUT2D eigenvalue weighted by molar-refractivity contribution is 0.103. The Bertz CT molecular complexity index is 665. The number of aryl methyl sites for hydroxylation is 2. The lowest BCUT2D eigenvalue weighted by Gasteiger charge is -2.07. The lowest BCUT2D eigenvalue weighted by Crippen LogP contribution is -2.08. The Kier molecular flexibility index (Phi) is 3.34. The Morgan fingerprint density at radius 2 is 1.74 bits per heavy atom. The second-order valence-corrected chi connectivity index (χ2v) is 4.48. The van der Waals surface area contributed by atoms with Crippen molar-refractivity contribution in [3.63, 3.8) is 0 Å². The van der Waals surface area contributed by atoms with Crippen LogP contribution in [0, 0.1) is 25.5 Å². The molecule has 0 aromatic heterocycles. The van der Waals surface area contributed by atoms with Gasteiger partial charge in [-0.05, 0) is 43.2 Å². The highest BCUT2D eigenvalue weighted by Crippen LogP contribution is 2.21. The fraction of sp³-hybridized carbons (Fsp3) is 0.133. The summed E-state index contributed by atoms with van der Waals surface area (Å²) < 4.78 is 27.0. The molecule has 4 heteroatoms. The van der Waals surface area contributed by atoms with Crippen molar-refractivity contribution in [2.75, 3.05) is 5.73 Å². The van der Waals surface area contributed by atoms with Crippen molar-refractivity contribution < 1.29 is 13.6 Å². The van der Waals surface area contributed by atoms with E-state index < -0.39 is 17.4 Å². The third kappa shape index (κ3) is 2.47. The number of carbonyl (C=O) groups is 1. The van der Waals surface area contributed by atoms with Crippen molar-refractivity contribution in [3.05, 3.63) is 64.2 Å². The van der Waals surface area contributed by atoms with Crippen LogP contribution >= 0.6 is 0 Å². The molecule has 0 spiro atoms. The van der Waals surface area contributed by atoms with Crippen molar-refractivity contribution >= 4 is 11.5 Å². The summed E-state index contributed by atoms with van der Waals surface area (Å²) in [6.45, 7) is 3.76. The number of nitrogen functional groups attached to an aromatic ring is 1. The first-order valence-electron chi connectivity index (χ1n) is 5.76. The molecule has 0 fully saturated rings. The van der Waals surface area contributed by atoms with Crippen LogP contribution in [0.25, 0.3) is 0 Å². The molecule has 2 aromatic rings. The third-order valence-corrected chi connectivity index (χ3v) is 3.08. The van der Waals surface area contributed by atoms with Crippen molar-refractivity contribution in [3.8, 4) is 0 Å². The van der Waals surface area contributed by atoms with Gasteiger partial charge in [-0.15, -0.1) is 0 Å². The minimum absolute atomic E-state index is 0.312. The van der Waals surface area contributed by atoms with E-state index in [9.17, 15) is 13.6 Å². The first-order valence-corrected chi connectivity index (χ1v) is 5.76. The van der Waals surface area contributed by atoms with E-state index in [0.717, 1.165) is 23.3 Å². The van der Waals surface area contributed by atoms with Crippen LogP contribution in [0.4, 0.5) is 14.5 Å². The monoisotopic (exact) mass is 261 g/mol. The number of nitrogens with two attached hydrogens (primary N) is 1. The summed E-state index contributed by atoms with van der Waals surface area (Å²) in [5.41, 5.74) is 6.86. The standard InChI is InChI=1S/C15H13F2NO/c1-8-3-4-10(5-9(8)2)15(19)12-6-11(16)7-13(18)14(12)17/h3-7H,18H2,1-2H3. The van der Waals surface area contributed by atoms with Gasteiger partial charge in [-0.25, -0.2) is 8.78 Å². The fourth-order valence-corrected chi connectivity index (χ4v) is 1.81. The van der Waals surface area contributed by atoms with Crippen LogP contribution in [0.2, 0.25) is 0 Å². The molecule has 0 saturated carbocycles. The Morgan fingerprint density at radius 3 is 2.37 bits per heavy atom. The molecule has 0 bridgehead atoms. The second kappa shape index (κ2) is 4.80. The molecule has 98 valence electrons. The topological polar surface area (TPSA) is 43.1 Å². The van der Waals surface area contributed by atoms with Crippen molar-refractivity contribution in [2.24, 2.45) is 0 Å². The number of benzene rings is 2. The summed E-state index contributed by atoms with van der Waals surface area (Å²) in [5.74, 6) is -2.19. The second-order valence-electron chi connectivity index (χ2n) is 4.48. The van der Waals surface area contributed by atoms with Gasteiger partial charge in [0.05, 0.1) is 11.3 Å². The Balaban J connectivity index is 2.53. The van der Waals surface area contributed by atoms with Crippen molar-refractivity contribution in [2.45, 2.75) is 13.8 Å². The van der Waals surface area contributed by atoms with Gasteiger partial charge in [0.15, 0.2) is 11.6 Å². The molecule has 2 N–H and O–H groups in total. The zero-order valence-corrected chi connectivity index (χ0v) is 10.6. The van der Waals surface area contributed by atoms with E-state index in [2.05, 4.69) is 0 Å². The predicted octanol–water partition coefficient (Wildman–Crippen LogP) is 3.39. The molecule has 0 saturated heterocycles. The maximum absolute atomic E-state index is 13.8. The molecule has 19 heavy (non-hydrogen) atoms. The van der Waals surface area contributed by atoms with E-state index in [1.165, 1.54) is 0 Å². The van der Waals surface area contributed by atoms with E-state index in [0.29, 0.717) is 5.56 Å². The van der Waals surface area contributed by atoms with Gasteiger partial charge in [0.1, 0.15) is 5.82 Å². The summed E-state index contributed by atoms with van der Waals surface area (Å²) in [6, 6.07) is 6.72. The number of rotatable bonds is 2. The van der Waals surface area contributed by atoms with E-state index in [-0.39, 0.29) is 11.3 Å². The molecular weight excluding hydrogens is 248 g/mol. The summed E-state index contributed by atoms with van der Waals surface area (Å²) in [7, 11) is 0. The van der Waals surface area contributed by atoms with Crippen LogP contribution in [0.1, 0.15) is 27.0 Å². The minimum Gasteiger partial charge on any atom is -0.396 e. The van der Waals surface area contributed by atoms with E-state index in [1.807, 2.05) is 13.8 Å². The molecule has 0 heterocycles. The van der Waals surface area contributed by atoms with Crippen LogP contribution in [-0.2, 0) is 0 Å². The molecule has 0 aliphatic rings. The van der Waals surface area contributed by atoms with E-state index >= 15 is 0 Å². The van der Waals surface area contributed by atoms with Gasteiger partial charge in [0, 0.05) is 5.56 Å². The maximum Gasteiger partial charge on any atom is 0.196 e. The van der Waals surface area contributed by atoms with Crippen LogP contribution in [0.15, 0.2) is 30.3 Å². The van der Waals surface area contributed by atoms with Crippen LogP contribution < -0.4 is 5.73 Å². The molecule has 0 unspecified atom stereocenters. The van der Waals surface area contributed by atoms with Gasteiger partial charge in [0.25, 0.3) is 0 Å². The van der Waals surface area contributed by atoms with Gasteiger partial charge in [-0.3, -0.25) is 4.79 Å². The molecule has 2 aromatic carbocycles. The maximum atomic E-state index is 13.8. The number of carbonyl (C=O) groups excluding carboxylic acids is 1. The third-order valence-electron chi connectivity index (χ3n) is 3.08. The van der Waals surface area contributed by atoms with Gasteiger partial charge >= 0.3 is 0 Å². The number of hydrogen-bond donors (Lipinski definition) is 1. The van der Waals surface area contributed by atoms with Gasteiger partial charge in [0.2, 0.25) is 0 Å². The molecule has 0 atom stereocenters. The van der Waals surface area contributed by atoms with Gasteiger partial charge in [-0.1, -0.05) is 12.1 Å². The van der Waals surface area contributed by atoms with Crippen LogP contribution in [0.3, 0.4) is 0 Å². The molecule has 0 amide bonds. The lowest BCUT2D eigenvalue weighted by atomic mass is 9.98. The molecule has 0 radical (unpaired) electrons. The van der Waals surface area contributed by atoms with Crippen molar-refractivity contribution in [1.29, 1.82) is 0 Å². The summed E-state index contributed by atoms with van der Waals surface area (Å²) in [6.07, 6.45) is 0. The predicted molar refractivity (Wildman–Crippen MR) is 70.1 cm³/mol. The van der Waals surface area contributed by atoms with Crippen LogP contribution in [-0.4, -0.2) is 5.78 Å². The largest absolute Gasteiger partial charge is 0.396 e. The number of hydrogen-bond acceptors (Lipinski definition) is 2. The average Bonchev–Trinajstić information content (AvgIpc) is 2.36. The van der Waals surface area contributed by atoms with Crippen LogP contribution in [0.5, 0.6) is 0 Å². The molecular formula is C15H13F2NO. The van der Waals surface area contributed by atoms with E-state index in [4.69, 9.17) is 5.73 Å². The SMILES string of the molecule is Cc1ccc(C(=O)c2cc(F)cc(N)c2F)cc1C. The molecule has 2 rings (SSSR count). The number of anilines is 1. The summed E-state index contributed by atoms with van der Waals surface area (Å²) in [5, 5.41) is 0. The van der Waals surface area contributed by atoms with E-state index in [1.54, 1.807) is 18.2 Å². The molecule has 0 aliphatic carbocycles. The first-order chi connectivity index (χ1) is 8.90. The van der Waals surface area contributed by atoms with Crippen molar-refractivity contribution in [1.82, 2.24) is 0 Å². The molecule has 2 nitrogen and oxygen atoms in total. The highest BCUT2D eigenvalue weighted by atomic mass is 19.1. The highest BCUT2D eigenvalue weighted by molar-refractivity contribution is 6.09. The average molecular weight is 261 g/mol. The molecule has 0 aliphatic heterocycles. The Labute approximate surface area is 109 Å². The Morgan fingerprint density at radius 1 is 1.05 bits per heavy atom. The minimum atomic E-state index is -0.885. The summed E-state index contributed by atoms with van der Waals surface area (Å²) >= 11 is 0. The Hall–Kier alpha value is -2.23. The fourth-order valence-electron chi connectivity index (χ4n) is 1.81. The zero-order chi connectivity index (χ0) is 14.2. The van der Waals surface area contributed by atoms with Gasteiger partial charge in [-0.2, -0.15) is 0 Å². The normalized spacial score (nSPS) is 10.5. The first kappa shape index (κ1) is 13.2.